The summed E-state index contributed by atoms with van der Waals surface area (Å²) in [5.41, 5.74) is 0. The first-order valence-corrected chi connectivity index (χ1v) is 2.67. The van der Waals surface area contributed by atoms with Crippen molar-refractivity contribution in [3.63, 3.8) is 0 Å². The van der Waals surface area contributed by atoms with Crippen molar-refractivity contribution in [1.82, 2.24) is 5.32 Å². The van der Waals surface area contributed by atoms with Crippen molar-refractivity contribution in [3.05, 3.63) is 0 Å². The van der Waals surface area contributed by atoms with Crippen LogP contribution in [0, 0.1) is 0 Å². The molecule has 0 unspecified atom stereocenters. The average Bonchev–Trinajstić information content (AvgIpc) is 2.21. The summed E-state index contributed by atoms with van der Waals surface area (Å²) in [5, 5.41) is 3.32. The summed E-state index contributed by atoms with van der Waals surface area (Å²) >= 11 is 0. The molecular weight excluding hydrogens is 110 g/mol. The fourth-order valence-electron chi connectivity index (χ4n) is 0.576. The third-order valence-corrected chi connectivity index (χ3v) is 1.07. The van der Waals surface area contributed by atoms with E-state index in [0.29, 0.717) is 0 Å². The molecule has 0 bridgehead atoms. The number of nitrogens with one attached hydrogen (secondary N) is 1. The second-order valence-electron chi connectivity index (χ2n) is 1.83. The van der Waals surface area contributed by atoms with Crippen molar-refractivity contribution in [3.8, 4) is 0 Å². The van der Waals surface area contributed by atoms with Crippen LogP contribution < -0.4 is 5.32 Å². The van der Waals surface area contributed by atoms with Crippen LogP contribution in [0.2, 0.25) is 0 Å². The van der Waals surface area contributed by atoms with E-state index in [1.165, 1.54) is 12.8 Å². The first-order chi connectivity index (χ1) is 2.93. The molecule has 1 aliphatic carbocycles. The molecule has 0 heterocycles. The molecule has 2 heteroatoms. The Morgan fingerprint density at radius 1 is 1.57 bits per heavy atom. The highest BCUT2D eigenvalue weighted by Crippen LogP contribution is 2.17. The molecule has 0 radical (unpaired) electrons. The molecule has 7 heavy (non-hydrogen) atoms. The number of hydrogen-bond acceptors (Lipinski definition) is 1. The SMILES string of the molecule is CCNC1CC1.Cl. The molecule has 1 N–H and O–H groups in total. The van der Waals surface area contributed by atoms with Crippen molar-refractivity contribution < 1.29 is 0 Å². The van der Waals surface area contributed by atoms with E-state index in [4.69, 9.17) is 0 Å². The molecule has 1 rings (SSSR count). The normalized spacial score (nSPS) is 18.4. The zero-order valence-electron chi connectivity index (χ0n) is 4.61. The van der Waals surface area contributed by atoms with Gasteiger partial charge in [0.15, 0.2) is 0 Å². The molecule has 0 aromatic carbocycles. The van der Waals surface area contributed by atoms with Crippen LogP contribution in [0.15, 0.2) is 0 Å². The Hall–Kier alpha value is 0.250. The summed E-state index contributed by atoms with van der Waals surface area (Å²) in [7, 11) is 0. The highest BCUT2D eigenvalue weighted by molar-refractivity contribution is 5.85. The van der Waals surface area contributed by atoms with Crippen LogP contribution in [0.25, 0.3) is 0 Å². The van der Waals surface area contributed by atoms with Crippen molar-refractivity contribution in [2.24, 2.45) is 0 Å². The summed E-state index contributed by atoms with van der Waals surface area (Å²) < 4.78 is 0. The molecule has 1 saturated carbocycles. The van der Waals surface area contributed by atoms with Crippen LogP contribution in [-0.2, 0) is 0 Å². The van der Waals surface area contributed by atoms with Crippen LogP contribution in [-0.4, -0.2) is 12.6 Å². The quantitative estimate of drug-likeness (QED) is 0.579. The third kappa shape index (κ3) is 2.89. The van der Waals surface area contributed by atoms with Gasteiger partial charge < -0.3 is 5.32 Å². The maximum Gasteiger partial charge on any atom is 0.00681 e. The van der Waals surface area contributed by atoms with Crippen LogP contribution in [0.4, 0.5) is 0 Å². The minimum atomic E-state index is 0. The minimum absolute atomic E-state index is 0. The monoisotopic (exact) mass is 121 g/mol. The molecule has 0 atom stereocenters. The van der Waals surface area contributed by atoms with E-state index >= 15 is 0 Å². The zero-order chi connectivity index (χ0) is 4.41. The Labute approximate surface area is 50.9 Å². The largest absolute Gasteiger partial charge is 0.314 e. The minimum Gasteiger partial charge on any atom is -0.314 e. The van der Waals surface area contributed by atoms with Gasteiger partial charge in [0.1, 0.15) is 0 Å². The van der Waals surface area contributed by atoms with Crippen LogP contribution >= 0.6 is 12.4 Å². The second-order valence-corrected chi connectivity index (χ2v) is 1.83. The van der Waals surface area contributed by atoms with Gasteiger partial charge in [0.05, 0.1) is 0 Å². The standard InChI is InChI=1S/C5H11N.ClH/c1-2-6-5-3-4-5;/h5-6H,2-4H2,1H3;1H. The van der Waals surface area contributed by atoms with Gasteiger partial charge in [-0.25, -0.2) is 0 Å². The van der Waals surface area contributed by atoms with Gasteiger partial charge in [-0.15, -0.1) is 12.4 Å². The predicted octanol–water partition coefficient (Wildman–Crippen LogP) is 1.18. The highest BCUT2D eigenvalue weighted by Gasteiger charge is 2.18. The fourth-order valence-corrected chi connectivity index (χ4v) is 0.576. The Bertz CT molecular complexity index is 43.3. The van der Waals surface area contributed by atoms with Crippen molar-refractivity contribution >= 4 is 12.4 Å². The molecule has 0 aromatic rings. The summed E-state index contributed by atoms with van der Waals surface area (Å²) in [6.45, 7) is 3.29. The van der Waals surface area contributed by atoms with E-state index in [9.17, 15) is 0 Å². The maximum atomic E-state index is 3.32. The van der Waals surface area contributed by atoms with E-state index < -0.39 is 0 Å². The summed E-state index contributed by atoms with van der Waals surface area (Å²) in [4.78, 5) is 0. The predicted molar refractivity (Wildman–Crippen MR) is 33.9 cm³/mol. The van der Waals surface area contributed by atoms with Gasteiger partial charge in [0, 0.05) is 6.04 Å². The molecule has 1 fully saturated rings. The van der Waals surface area contributed by atoms with E-state index in [1.54, 1.807) is 0 Å². The Morgan fingerprint density at radius 2 is 2.14 bits per heavy atom. The van der Waals surface area contributed by atoms with E-state index in [2.05, 4.69) is 12.2 Å². The number of hydrogen-bond donors (Lipinski definition) is 1. The molecule has 0 amide bonds. The van der Waals surface area contributed by atoms with E-state index in [-0.39, 0.29) is 12.4 Å². The van der Waals surface area contributed by atoms with Gasteiger partial charge >= 0.3 is 0 Å². The Morgan fingerprint density at radius 3 is 2.29 bits per heavy atom. The van der Waals surface area contributed by atoms with Gasteiger partial charge in [-0.3, -0.25) is 0 Å². The molecule has 0 spiro atoms. The van der Waals surface area contributed by atoms with Gasteiger partial charge in [-0.2, -0.15) is 0 Å². The second kappa shape index (κ2) is 3.28. The molecule has 0 aliphatic heterocycles. The molecule has 0 saturated heterocycles. The third-order valence-electron chi connectivity index (χ3n) is 1.07. The van der Waals surface area contributed by atoms with E-state index in [0.717, 1.165) is 12.6 Å². The van der Waals surface area contributed by atoms with Gasteiger partial charge in [-0.1, -0.05) is 6.92 Å². The summed E-state index contributed by atoms with van der Waals surface area (Å²) in [6, 6.07) is 0.898. The van der Waals surface area contributed by atoms with Crippen LogP contribution in [0.3, 0.4) is 0 Å². The lowest BCUT2D eigenvalue weighted by Crippen LogP contribution is -2.14. The smallest absolute Gasteiger partial charge is 0.00681 e. The lowest BCUT2D eigenvalue weighted by Gasteiger charge is -1.89. The fraction of sp³-hybridized carbons (Fsp3) is 1.00. The van der Waals surface area contributed by atoms with Crippen molar-refractivity contribution in [2.75, 3.05) is 6.54 Å². The average molecular weight is 122 g/mol. The van der Waals surface area contributed by atoms with Gasteiger partial charge in [-0.05, 0) is 19.4 Å². The van der Waals surface area contributed by atoms with Crippen molar-refractivity contribution in [1.29, 1.82) is 0 Å². The summed E-state index contributed by atoms with van der Waals surface area (Å²) in [6.07, 6.45) is 2.82. The number of halogens is 1. The first kappa shape index (κ1) is 7.25. The zero-order valence-corrected chi connectivity index (χ0v) is 5.42. The first-order valence-electron chi connectivity index (χ1n) is 2.67. The van der Waals surface area contributed by atoms with Crippen molar-refractivity contribution in [2.45, 2.75) is 25.8 Å². The number of rotatable bonds is 2. The van der Waals surface area contributed by atoms with Gasteiger partial charge in [0.25, 0.3) is 0 Å². The lowest BCUT2D eigenvalue weighted by atomic mass is 10.6. The Kier molecular flexibility index (Phi) is 3.39. The Balaban J connectivity index is 0.000000360. The lowest BCUT2D eigenvalue weighted by molar-refractivity contribution is 0.721. The molecule has 1 nitrogen and oxygen atoms in total. The van der Waals surface area contributed by atoms with Crippen LogP contribution in [0.1, 0.15) is 19.8 Å². The highest BCUT2D eigenvalue weighted by atomic mass is 35.5. The van der Waals surface area contributed by atoms with Gasteiger partial charge in [0.2, 0.25) is 0 Å². The maximum absolute atomic E-state index is 3.32. The molecular formula is C5H12ClN. The molecule has 0 aromatic heterocycles. The van der Waals surface area contributed by atoms with E-state index in [1.807, 2.05) is 0 Å². The summed E-state index contributed by atoms with van der Waals surface area (Å²) in [5.74, 6) is 0. The van der Waals surface area contributed by atoms with Crippen LogP contribution in [0.5, 0.6) is 0 Å². The molecule has 1 aliphatic rings. The molecule has 44 valence electrons. The topological polar surface area (TPSA) is 12.0 Å².